The number of amides is 1. The molecule has 0 aromatic heterocycles. The number of rotatable bonds is 6. The number of nitrogens with zero attached hydrogens (tertiary/aromatic N) is 1. The number of oxime groups is 1. The lowest BCUT2D eigenvalue weighted by Gasteiger charge is -2.31. The van der Waals surface area contributed by atoms with Gasteiger partial charge in [0.15, 0.2) is 6.29 Å². The first-order valence-corrected chi connectivity index (χ1v) is 9.52. The van der Waals surface area contributed by atoms with E-state index in [1.54, 1.807) is 37.3 Å². The Bertz CT molecular complexity index is 1010. The van der Waals surface area contributed by atoms with Crippen LogP contribution in [-0.4, -0.2) is 34.8 Å². The minimum absolute atomic E-state index is 0.0277. The van der Waals surface area contributed by atoms with Crippen molar-refractivity contribution in [1.82, 2.24) is 0 Å². The van der Waals surface area contributed by atoms with Crippen LogP contribution in [-0.2, 0) is 14.4 Å². The Morgan fingerprint density at radius 2 is 1.94 bits per heavy atom. The maximum atomic E-state index is 13.8. The van der Waals surface area contributed by atoms with Gasteiger partial charge in [0.2, 0.25) is 11.7 Å². The molecule has 0 fully saturated rings. The molecule has 9 heteroatoms. The second-order valence-corrected chi connectivity index (χ2v) is 7.47. The number of alkyl halides is 3. The normalized spacial score (nSPS) is 18.6. The average molecular weight is 434 g/mol. The standard InChI is InChI=1S/C22H21F3N2O4/c1-13(15-6-4-3-5-7-15)11-21(30,22(23,24)25)20(29)26-16-8-9-17-18(10-16)14(2)27-31-19(17)12-28/h3-10,12-13,19,30H,11H2,1-2H3,(H,26,29). The van der Waals surface area contributed by atoms with Crippen molar-refractivity contribution in [3.05, 3.63) is 65.2 Å². The lowest BCUT2D eigenvalue weighted by molar-refractivity contribution is -0.252. The summed E-state index contributed by atoms with van der Waals surface area (Å²) in [4.78, 5) is 28.8. The number of aldehydes is 1. The van der Waals surface area contributed by atoms with Gasteiger partial charge in [-0.1, -0.05) is 48.5 Å². The number of carbonyl (C=O) groups is 2. The predicted molar refractivity (Wildman–Crippen MR) is 108 cm³/mol. The molecule has 31 heavy (non-hydrogen) atoms. The predicted octanol–water partition coefficient (Wildman–Crippen LogP) is 4.11. The van der Waals surface area contributed by atoms with Crippen molar-refractivity contribution in [2.75, 3.05) is 5.32 Å². The van der Waals surface area contributed by atoms with Crippen LogP contribution < -0.4 is 5.32 Å². The molecule has 164 valence electrons. The van der Waals surface area contributed by atoms with Crippen LogP contribution in [0.3, 0.4) is 0 Å². The van der Waals surface area contributed by atoms with E-state index in [2.05, 4.69) is 10.5 Å². The first-order valence-electron chi connectivity index (χ1n) is 9.52. The molecule has 3 rings (SSSR count). The molecule has 6 nitrogen and oxygen atoms in total. The zero-order valence-electron chi connectivity index (χ0n) is 16.8. The van der Waals surface area contributed by atoms with Crippen molar-refractivity contribution in [2.45, 2.75) is 44.1 Å². The molecule has 1 aliphatic heterocycles. The molecule has 0 spiro atoms. The molecule has 2 aromatic carbocycles. The third kappa shape index (κ3) is 4.46. The summed E-state index contributed by atoms with van der Waals surface area (Å²) >= 11 is 0. The zero-order valence-corrected chi connectivity index (χ0v) is 16.8. The van der Waals surface area contributed by atoms with E-state index in [1.807, 2.05) is 0 Å². The van der Waals surface area contributed by atoms with Crippen molar-refractivity contribution in [2.24, 2.45) is 5.16 Å². The van der Waals surface area contributed by atoms with E-state index in [-0.39, 0.29) is 5.69 Å². The van der Waals surface area contributed by atoms with Gasteiger partial charge < -0.3 is 15.3 Å². The first kappa shape index (κ1) is 22.5. The van der Waals surface area contributed by atoms with Crippen LogP contribution in [0.4, 0.5) is 18.9 Å². The molecule has 1 amide bonds. The SMILES string of the molecule is CC1=NOC(C=O)c2ccc(NC(=O)C(O)(CC(C)c3ccccc3)C(F)(F)F)cc21. The molecule has 3 unspecified atom stereocenters. The lowest BCUT2D eigenvalue weighted by atomic mass is 9.85. The fraction of sp³-hybridized carbons (Fsp3) is 0.318. The summed E-state index contributed by atoms with van der Waals surface area (Å²) in [6.07, 6.45) is -6.44. The summed E-state index contributed by atoms with van der Waals surface area (Å²) in [5.74, 6) is -2.32. The first-order chi connectivity index (χ1) is 14.6. The Morgan fingerprint density at radius 3 is 2.55 bits per heavy atom. The highest BCUT2D eigenvalue weighted by Gasteiger charge is 2.59. The number of fused-ring (bicyclic) bond motifs is 1. The molecular weight excluding hydrogens is 413 g/mol. The Balaban J connectivity index is 1.87. The average Bonchev–Trinajstić information content (AvgIpc) is 2.74. The van der Waals surface area contributed by atoms with Gasteiger partial charge in [0, 0.05) is 23.2 Å². The van der Waals surface area contributed by atoms with Crippen molar-refractivity contribution in [1.29, 1.82) is 0 Å². The van der Waals surface area contributed by atoms with Gasteiger partial charge in [-0.05, 0) is 30.5 Å². The number of hydrogen-bond donors (Lipinski definition) is 2. The molecule has 0 aliphatic carbocycles. The number of hydrogen-bond acceptors (Lipinski definition) is 5. The van der Waals surface area contributed by atoms with E-state index in [0.29, 0.717) is 28.7 Å². The highest BCUT2D eigenvalue weighted by molar-refractivity contribution is 6.03. The number of carbonyl (C=O) groups excluding carboxylic acids is 2. The van der Waals surface area contributed by atoms with Crippen molar-refractivity contribution in [3.63, 3.8) is 0 Å². The second-order valence-electron chi connectivity index (χ2n) is 7.47. The van der Waals surface area contributed by atoms with Crippen LogP contribution in [0.1, 0.15) is 49.0 Å². The largest absolute Gasteiger partial charge is 0.426 e. The van der Waals surface area contributed by atoms with Crippen molar-refractivity contribution < 1.29 is 32.7 Å². The number of nitrogens with one attached hydrogen (secondary N) is 1. The monoisotopic (exact) mass is 434 g/mol. The summed E-state index contributed by atoms with van der Waals surface area (Å²) in [6, 6.07) is 12.5. The highest BCUT2D eigenvalue weighted by Crippen LogP contribution is 2.39. The maximum Gasteiger partial charge on any atom is 0.426 e. The van der Waals surface area contributed by atoms with Gasteiger partial charge in [-0.25, -0.2) is 0 Å². The van der Waals surface area contributed by atoms with Gasteiger partial charge in [0.25, 0.3) is 5.91 Å². The Labute approximate surface area is 176 Å². The second kappa shape index (κ2) is 8.50. The van der Waals surface area contributed by atoms with Crippen molar-refractivity contribution >= 4 is 23.6 Å². The minimum atomic E-state index is -5.19. The number of aliphatic hydroxyl groups is 1. The molecule has 1 aliphatic rings. The van der Waals surface area contributed by atoms with E-state index in [4.69, 9.17) is 4.84 Å². The molecule has 1 heterocycles. The molecule has 0 saturated carbocycles. The Hall–Kier alpha value is -3.20. The minimum Gasteiger partial charge on any atom is -0.380 e. The Morgan fingerprint density at radius 1 is 1.26 bits per heavy atom. The van der Waals surface area contributed by atoms with Gasteiger partial charge in [-0.3, -0.25) is 9.59 Å². The topological polar surface area (TPSA) is 88.0 Å². The maximum absolute atomic E-state index is 13.8. The van der Waals surface area contributed by atoms with Crippen LogP contribution in [0.15, 0.2) is 53.7 Å². The highest BCUT2D eigenvalue weighted by atomic mass is 19.4. The van der Waals surface area contributed by atoms with E-state index < -0.39 is 36.1 Å². The van der Waals surface area contributed by atoms with Crippen LogP contribution in [0, 0.1) is 0 Å². The van der Waals surface area contributed by atoms with Crippen LogP contribution in [0.2, 0.25) is 0 Å². The molecule has 0 radical (unpaired) electrons. The van der Waals surface area contributed by atoms with Crippen LogP contribution in [0.25, 0.3) is 0 Å². The summed E-state index contributed by atoms with van der Waals surface area (Å²) in [5.41, 5.74) is -1.68. The number of benzene rings is 2. The molecule has 3 atom stereocenters. The summed E-state index contributed by atoms with van der Waals surface area (Å²) in [5, 5.41) is 16.4. The van der Waals surface area contributed by atoms with E-state index in [1.165, 1.54) is 25.1 Å². The van der Waals surface area contributed by atoms with E-state index in [9.17, 15) is 27.9 Å². The fourth-order valence-corrected chi connectivity index (χ4v) is 3.45. The third-order valence-corrected chi connectivity index (χ3v) is 5.25. The summed E-state index contributed by atoms with van der Waals surface area (Å²) in [7, 11) is 0. The Kier molecular flexibility index (Phi) is 6.17. The molecule has 2 aromatic rings. The van der Waals surface area contributed by atoms with Crippen LogP contribution >= 0.6 is 0 Å². The fourth-order valence-electron chi connectivity index (χ4n) is 3.45. The quantitative estimate of drug-likeness (QED) is 0.670. The third-order valence-electron chi connectivity index (χ3n) is 5.25. The van der Waals surface area contributed by atoms with Gasteiger partial charge in [0.05, 0.1) is 5.71 Å². The van der Waals surface area contributed by atoms with Crippen LogP contribution in [0.5, 0.6) is 0 Å². The molecule has 2 N–H and O–H groups in total. The number of anilines is 1. The van der Waals surface area contributed by atoms with Gasteiger partial charge in [-0.15, -0.1) is 0 Å². The number of halogens is 3. The summed E-state index contributed by atoms with van der Waals surface area (Å²) < 4.78 is 41.3. The van der Waals surface area contributed by atoms with E-state index >= 15 is 0 Å². The van der Waals surface area contributed by atoms with Gasteiger partial charge >= 0.3 is 6.18 Å². The molecule has 0 bridgehead atoms. The van der Waals surface area contributed by atoms with Gasteiger partial charge in [-0.2, -0.15) is 13.2 Å². The van der Waals surface area contributed by atoms with Gasteiger partial charge in [0.1, 0.15) is 0 Å². The molecular formula is C22H21F3N2O4. The smallest absolute Gasteiger partial charge is 0.380 e. The lowest BCUT2D eigenvalue weighted by Crippen LogP contribution is -2.55. The molecule has 0 saturated heterocycles. The zero-order chi connectivity index (χ0) is 22.8. The summed E-state index contributed by atoms with van der Waals surface area (Å²) in [6.45, 7) is 3.11. The van der Waals surface area contributed by atoms with Crippen molar-refractivity contribution in [3.8, 4) is 0 Å². The van der Waals surface area contributed by atoms with E-state index in [0.717, 1.165) is 0 Å².